The molecule has 0 unspecified atom stereocenters. The Bertz CT molecular complexity index is 2460. The summed E-state index contributed by atoms with van der Waals surface area (Å²) in [5.41, 5.74) is 8.47. The van der Waals surface area contributed by atoms with Crippen molar-refractivity contribution in [2.24, 2.45) is 0 Å². The first kappa shape index (κ1) is 26.0. The molecule has 216 valence electrons. The number of para-hydroxylation sites is 2. The molecule has 0 spiro atoms. The van der Waals surface area contributed by atoms with Crippen molar-refractivity contribution in [2.75, 3.05) is 0 Å². The molecule has 9 rings (SSSR count). The largest absolute Gasteiger partial charge is 0.454 e. The van der Waals surface area contributed by atoms with E-state index in [-0.39, 0.29) is 0 Å². The van der Waals surface area contributed by atoms with Crippen molar-refractivity contribution in [3.8, 4) is 56.7 Å². The monoisotopic (exact) mass is 592 g/mol. The molecule has 0 bridgehead atoms. The predicted molar refractivity (Wildman–Crippen MR) is 182 cm³/mol. The Hall–Kier alpha value is -6.40. The summed E-state index contributed by atoms with van der Waals surface area (Å²) in [4.78, 5) is 19.6. The van der Waals surface area contributed by atoms with Crippen LogP contribution in [0.15, 0.2) is 154 Å². The second-order valence-corrected chi connectivity index (χ2v) is 11.1. The summed E-state index contributed by atoms with van der Waals surface area (Å²) in [6, 6.07) is 48.4. The van der Waals surface area contributed by atoms with Crippen LogP contribution in [0.25, 0.3) is 89.8 Å². The third-order valence-corrected chi connectivity index (χ3v) is 8.19. The number of rotatable bonds is 5. The molecule has 0 fully saturated rings. The Balaban J connectivity index is 1.21. The van der Waals surface area contributed by atoms with Crippen molar-refractivity contribution >= 4 is 33.0 Å². The number of furan rings is 1. The van der Waals surface area contributed by atoms with Crippen LogP contribution in [-0.2, 0) is 0 Å². The molecular weight excluding hydrogens is 568 g/mol. The van der Waals surface area contributed by atoms with Crippen LogP contribution in [0.5, 0.6) is 0 Å². The Morgan fingerprint density at radius 1 is 0.370 bits per heavy atom. The van der Waals surface area contributed by atoms with Crippen LogP contribution >= 0.6 is 0 Å². The minimum atomic E-state index is 0.504. The summed E-state index contributed by atoms with van der Waals surface area (Å²) >= 11 is 0. The first-order valence-electron chi connectivity index (χ1n) is 15.1. The van der Waals surface area contributed by atoms with Crippen molar-refractivity contribution in [1.29, 1.82) is 0 Å². The Morgan fingerprint density at radius 3 is 1.54 bits per heavy atom. The van der Waals surface area contributed by atoms with Crippen LogP contribution in [0, 0.1) is 0 Å². The maximum Gasteiger partial charge on any atom is 0.231 e. The van der Waals surface area contributed by atoms with Gasteiger partial charge in [-0.2, -0.15) is 0 Å². The predicted octanol–water partition coefficient (Wildman–Crippen LogP) is 10.2. The lowest BCUT2D eigenvalue weighted by atomic mass is 10.1. The molecule has 0 amide bonds. The van der Waals surface area contributed by atoms with Gasteiger partial charge in [-0.15, -0.1) is 0 Å². The van der Waals surface area contributed by atoms with Gasteiger partial charge in [0.25, 0.3) is 0 Å². The first-order chi connectivity index (χ1) is 22.8. The molecule has 3 heterocycles. The van der Waals surface area contributed by atoms with Gasteiger partial charge in [0.15, 0.2) is 23.1 Å². The standard InChI is InChI=1S/C40H24N4O2/c1-4-12-25(13-5-1)28-22-23-33-34(24-28)45-40(41-33)32-21-11-19-30-29-18-10-20-31(35(29)46-36(30)32)39-43-37(26-14-6-2-7-15-26)42-38(44-39)27-16-8-3-9-17-27/h1-24H. The Kier molecular flexibility index (Phi) is 6.03. The van der Waals surface area contributed by atoms with Crippen LogP contribution in [0.3, 0.4) is 0 Å². The number of aromatic nitrogens is 4. The quantitative estimate of drug-likeness (QED) is 0.198. The summed E-state index contributed by atoms with van der Waals surface area (Å²) < 4.78 is 13.1. The van der Waals surface area contributed by atoms with Crippen molar-refractivity contribution in [1.82, 2.24) is 19.9 Å². The molecule has 6 nitrogen and oxygen atoms in total. The van der Waals surface area contributed by atoms with E-state index in [1.54, 1.807) is 0 Å². The number of nitrogens with zero attached hydrogens (tertiary/aromatic N) is 4. The average molecular weight is 593 g/mol. The third-order valence-electron chi connectivity index (χ3n) is 8.19. The van der Waals surface area contributed by atoms with Gasteiger partial charge in [-0.3, -0.25) is 0 Å². The molecule has 0 saturated heterocycles. The van der Waals surface area contributed by atoms with Gasteiger partial charge in [-0.25, -0.2) is 19.9 Å². The molecular formula is C40H24N4O2. The highest BCUT2D eigenvalue weighted by atomic mass is 16.4. The normalized spacial score (nSPS) is 11.5. The molecule has 0 radical (unpaired) electrons. The SMILES string of the molecule is c1ccc(-c2ccc3nc(-c4cccc5c4oc4c(-c6nc(-c7ccccc7)nc(-c7ccccc7)n6)cccc45)oc3c2)cc1. The number of benzene rings is 6. The van der Waals surface area contributed by atoms with E-state index in [1.165, 1.54) is 0 Å². The highest BCUT2D eigenvalue weighted by molar-refractivity contribution is 6.12. The van der Waals surface area contributed by atoms with E-state index < -0.39 is 0 Å². The molecule has 0 aliphatic heterocycles. The molecule has 3 aromatic heterocycles. The van der Waals surface area contributed by atoms with Crippen molar-refractivity contribution in [2.45, 2.75) is 0 Å². The number of hydrogen-bond donors (Lipinski definition) is 0. The molecule has 0 saturated carbocycles. The molecule has 46 heavy (non-hydrogen) atoms. The lowest BCUT2D eigenvalue weighted by Gasteiger charge is -2.08. The molecule has 0 aliphatic rings. The second-order valence-electron chi connectivity index (χ2n) is 11.1. The van der Waals surface area contributed by atoms with Crippen LogP contribution in [0.4, 0.5) is 0 Å². The van der Waals surface area contributed by atoms with E-state index in [1.807, 2.05) is 115 Å². The van der Waals surface area contributed by atoms with Crippen molar-refractivity contribution < 1.29 is 8.83 Å². The van der Waals surface area contributed by atoms with Gasteiger partial charge in [0.1, 0.15) is 16.7 Å². The van der Waals surface area contributed by atoms with Gasteiger partial charge < -0.3 is 8.83 Å². The zero-order valence-corrected chi connectivity index (χ0v) is 24.5. The van der Waals surface area contributed by atoms with E-state index in [0.29, 0.717) is 34.5 Å². The fraction of sp³-hybridized carbons (Fsp3) is 0. The minimum Gasteiger partial charge on any atom is -0.454 e. The van der Waals surface area contributed by atoms with Crippen LogP contribution in [-0.4, -0.2) is 19.9 Å². The van der Waals surface area contributed by atoms with E-state index in [9.17, 15) is 0 Å². The first-order valence-corrected chi connectivity index (χ1v) is 15.1. The van der Waals surface area contributed by atoms with E-state index >= 15 is 0 Å². The molecule has 9 aromatic rings. The van der Waals surface area contributed by atoms with Gasteiger partial charge in [0.2, 0.25) is 5.89 Å². The fourth-order valence-corrected chi connectivity index (χ4v) is 5.94. The summed E-state index contributed by atoms with van der Waals surface area (Å²) in [6.45, 7) is 0. The summed E-state index contributed by atoms with van der Waals surface area (Å²) in [5, 5.41) is 1.92. The number of hydrogen-bond acceptors (Lipinski definition) is 6. The highest BCUT2D eigenvalue weighted by Crippen LogP contribution is 2.40. The maximum absolute atomic E-state index is 6.70. The summed E-state index contributed by atoms with van der Waals surface area (Å²) in [7, 11) is 0. The number of oxazole rings is 1. The molecule has 0 N–H and O–H groups in total. The van der Waals surface area contributed by atoms with Crippen molar-refractivity contribution in [3.05, 3.63) is 146 Å². The Labute approximate surface area is 263 Å². The van der Waals surface area contributed by atoms with E-state index in [2.05, 4.69) is 30.3 Å². The van der Waals surface area contributed by atoms with Gasteiger partial charge in [0.05, 0.1) is 11.1 Å². The van der Waals surface area contributed by atoms with Gasteiger partial charge in [-0.05, 0) is 35.4 Å². The van der Waals surface area contributed by atoms with Gasteiger partial charge >= 0.3 is 0 Å². The lowest BCUT2D eigenvalue weighted by Crippen LogP contribution is -2.00. The van der Waals surface area contributed by atoms with Gasteiger partial charge in [0, 0.05) is 21.9 Å². The molecule has 0 aliphatic carbocycles. The van der Waals surface area contributed by atoms with Crippen LogP contribution in [0.1, 0.15) is 0 Å². The minimum absolute atomic E-state index is 0.504. The van der Waals surface area contributed by atoms with Crippen LogP contribution in [0.2, 0.25) is 0 Å². The Morgan fingerprint density at radius 2 is 0.913 bits per heavy atom. The summed E-state index contributed by atoms with van der Waals surface area (Å²) in [6.07, 6.45) is 0. The molecule has 6 aromatic carbocycles. The third kappa shape index (κ3) is 4.43. The number of fused-ring (bicyclic) bond motifs is 4. The lowest BCUT2D eigenvalue weighted by molar-refractivity contribution is 0.615. The van der Waals surface area contributed by atoms with E-state index in [0.717, 1.165) is 55.3 Å². The topological polar surface area (TPSA) is 77.8 Å². The molecule has 0 atom stereocenters. The zero-order chi connectivity index (χ0) is 30.5. The maximum atomic E-state index is 6.70. The van der Waals surface area contributed by atoms with Crippen LogP contribution < -0.4 is 0 Å². The van der Waals surface area contributed by atoms with Gasteiger partial charge in [-0.1, -0.05) is 121 Å². The molecule has 6 heteroatoms. The fourth-order valence-electron chi connectivity index (χ4n) is 5.94. The second kappa shape index (κ2) is 10.6. The van der Waals surface area contributed by atoms with Crippen molar-refractivity contribution in [3.63, 3.8) is 0 Å². The average Bonchev–Trinajstić information content (AvgIpc) is 3.74. The highest BCUT2D eigenvalue weighted by Gasteiger charge is 2.21. The van der Waals surface area contributed by atoms with E-state index in [4.69, 9.17) is 28.8 Å². The summed E-state index contributed by atoms with van der Waals surface area (Å²) in [5.74, 6) is 2.23. The zero-order valence-electron chi connectivity index (χ0n) is 24.5. The smallest absolute Gasteiger partial charge is 0.231 e.